The van der Waals surface area contributed by atoms with Gasteiger partial charge in [0, 0.05) is 24.8 Å². The molecule has 0 spiro atoms. The molecule has 8 aliphatic carbocycles. The van der Waals surface area contributed by atoms with E-state index < -0.39 is 0 Å². The average Bonchev–Trinajstić information content (AvgIpc) is 2.57. The second-order valence-corrected chi connectivity index (χ2v) is 11.9. The van der Waals surface area contributed by atoms with Crippen LogP contribution in [0.25, 0.3) is 0 Å². The molecule has 154 valence electrons. The van der Waals surface area contributed by atoms with Crippen molar-refractivity contribution in [3.8, 4) is 0 Å². The number of hydrogen-bond acceptors (Lipinski definition) is 2. The van der Waals surface area contributed by atoms with Crippen molar-refractivity contribution >= 4 is 11.9 Å². The fourth-order valence-electron chi connectivity index (χ4n) is 9.45. The predicted octanol–water partition coefficient (Wildman–Crippen LogP) is 2.31. The molecule has 8 bridgehead atoms. The Hall–Kier alpha value is -1.10. The molecule has 28 heavy (non-hydrogen) atoms. The number of nitrogens with two attached hydrogens (primary N) is 1. The van der Waals surface area contributed by atoms with Crippen LogP contribution in [-0.4, -0.2) is 29.6 Å². The van der Waals surface area contributed by atoms with Crippen LogP contribution in [0.1, 0.15) is 77.0 Å². The van der Waals surface area contributed by atoms with Gasteiger partial charge in [-0.05, 0) is 93.3 Å². The number of carbonyl (C=O) groups is 2. The maximum atomic E-state index is 12.6. The van der Waals surface area contributed by atoms with Crippen molar-refractivity contribution in [2.24, 2.45) is 35.5 Å². The lowest BCUT2D eigenvalue weighted by atomic mass is 9.53. The van der Waals surface area contributed by atoms with Gasteiger partial charge < -0.3 is 10.6 Å². The molecule has 8 fully saturated rings. The van der Waals surface area contributed by atoms with Crippen molar-refractivity contribution in [1.29, 1.82) is 0 Å². The summed E-state index contributed by atoms with van der Waals surface area (Å²) >= 11 is 0. The summed E-state index contributed by atoms with van der Waals surface area (Å²) < 4.78 is 0. The SMILES string of the molecule is O=C(C[NH2+]C12CC3CC(CC(C3)C1)C2)NC(=O)NC12CC3CC(CC(C3)C1)C2. The van der Waals surface area contributed by atoms with E-state index in [1.807, 2.05) is 0 Å². The van der Waals surface area contributed by atoms with Crippen molar-refractivity contribution in [2.45, 2.75) is 88.1 Å². The fraction of sp³-hybridized carbons (Fsp3) is 0.913. The van der Waals surface area contributed by atoms with E-state index in [2.05, 4.69) is 16.0 Å². The van der Waals surface area contributed by atoms with Gasteiger partial charge in [0.1, 0.15) is 0 Å². The molecule has 0 aromatic rings. The van der Waals surface area contributed by atoms with E-state index in [1.54, 1.807) is 0 Å². The minimum Gasteiger partial charge on any atom is -0.334 e. The van der Waals surface area contributed by atoms with Gasteiger partial charge >= 0.3 is 6.03 Å². The molecule has 0 aliphatic heterocycles. The third kappa shape index (κ3) is 3.09. The summed E-state index contributed by atoms with van der Waals surface area (Å²) in [5, 5.41) is 8.23. The molecular formula is C23H36N3O2+. The van der Waals surface area contributed by atoms with E-state index in [0.717, 1.165) is 54.8 Å². The zero-order chi connectivity index (χ0) is 18.9. The highest BCUT2D eigenvalue weighted by Crippen LogP contribution is 2.56. The lowest BCUT2D eigenvalue weighted by Crippen LogP contribution is -3.00. The lowest BCUT2D eigenvalue weighted by Gasteiger charge is -2.56. The molecule has 3 amide bonds. The number of carbonyl (C=O) groups excluding carboxylic acids is 2. The summed E-state index contributed by atoms with van der Waals surface area (Å²) in [6.45, 7) is 0.403. The van der Waals surface area contributed by atoms with E-state index in [9.17, 15) is 9.59 Å². The third-order valence-electron chi connectivity index (χ3n) is 9.48. The molecule has 8 rings (SSSR count). The normalized spacial score (nSPS) is 50.0. The molecule has 5 nitrogen and oxygen atoms in total. The first-order chi connectivity index (χ1) is 13.5. The first-order valence-electron chi connectivity index (χ1n) is 11.9. The molecule has 5 heteroatoms. The summed E-state index contributed by atoms with van der Waals surface area (Å²) in [4.78, 5) is 25.1. The molecule has 4 N–H and O–H groups in total. The van der Waals surface area contributed by atoms with Crippen LogP contribution in [-0.2, 0) is 4.79 Å². The van der Waals surface area contributed by atoms with Crippen LogP contribution in [0.4, 0.5) is 4.79 Å². The second kappa shape index (κ2) is 6.20. The molecule has 0 atom stereocenters. The molecule has 0 saturated heterocycles. The molecule has 0 unspecified atom stereocenters. The van der Waals surface area contributed by atoms with Crippen molar-refractivity contribution in [2.75, 3.05) is 6.54 Å². The predicted molar refractivity (Wildman–Crippen MR) is 105 cm³/mol. The number of rotatable bonds is 4. The van der Waals surface area contributed by atoms with Gasteiger partial charge in [-0.3, -0.25) is 10.1 Å². The number of nitrogens with one attached hydrogen (secondary N) is 2. The molecule has 0 aromatic carbocycles. The van der Waals surface area contributed by atoms with Crippen LogP contribution >= 0.6 is 0 Å². The zero-order valence-electron chi connectivity index (χ0n) is 17.1. The molecule has 8 saturated carbocycles. The Bertz CT molecular complexity index is 617. The Balaban J connectivity index is 1.02. The van der Waals surface area contributed by atoms with Crippen LogP contribution < -0.4 is 16.0 Å². The summed E-state index contributed by atoms with van der Waals surface area (Å²) in [6.07, 6.45) is 15.6. The Morgan fingerprint density at radius 1 is 0.714 bits per heavy atom. The Kier molecular flexibility index (Phi) is 3.93. The van der Waals surface area contributed by atoms with Crippen LogP contribution in [0.3, 0.4) is 0 Å². The van der Waals surface area contributed by atoms with E-state index in [0.29, 0.717) is 12.1 Å². The van der Waals surface area contributed by atoms with Crippen molar-refractivity contribution in [3.63, 3.8) is 0 Å². The van der Waals surface area contributed by atoms with Gasteiger partial charge in [0.25, 0.3) is 5.91 Å². The molecule has 0 heterocycles. The maximum absolute atomic E-state index is 12.6. The summed E-state index contributed by atoms with van der Waals surface area (Å²) in [5.41, 5.74) is 0.269. The van der Waals surface area contributed by atoms with Gasteiger partial charge in [0.2, 0.25) is 0 Å². The quantitative estimate of drug-likeness (QED) is 0.694. The first kappa shape index (κ1) is 17.7. The van der Waals surface area contributed by atoms with Gasteiger partial charge in [0.15, 0.2) is 6.54 Å². The van der Waals surface area contributed by atoms with Crippen molar-refractivity contribution in [1.82, 2.24) is 10.6 Å². The minimum absolute atomic E-state index is 0.0250. The summed E-state index contributed by atoms with van der Waals surface area (Å²) in [7, 11) is 0. The Labute approximate surface area is 168 Å². The van der Waals surface area contributed by atoms with Gasteiger partial charge in [-0.15, -0.1) is 0 Å². The maximum Gasteiger partial charge on any atom is 0.322 e. The number of quaternary nitrogens is 1. The highest BCUT2D eigenvalue weighted by molar-refractivity contribution is 5.95. The van der Waals surface area contributed by atoms with E-state index >= 15 is 0 Å². The monoisotopic (exact) mass is 386 g/mol. The smallest absolute Gasteiger partial charge is 0.322 e. The second-order valence-electron chi connectivity index (χ2n) is 11.9. The van der Waals surface area contributed by atoms with Crippen LogP contribution in [0.2, 0.25) is 0 Å². The number of imide groups is 1. The van der Waals surface area contributed by atoms with Crippen LogP contribution in [0.5, 0.6) is 0 Å². The number of hydrogen-bond donors (Lipinski definition) is 3. The minimum atomic E-state index is -0.245. The Morgan fingerprint density at radius 3 is 1.61 bits per heavy atom. The average molecular weight is 387 g/mol. The van der Waals surface area contributed by atoms with Crippen LogP contribution in [0, 0.1) is 35.5 Å². The fourth-order valence-corrected chi connectivity index (χ4v) is 9.45. The first-order valence-corrected chi connectivity index (χ1v) is 11.9. The molecule has 8 aliphatic rings. The number of urea groups is 1. The number of amides is 3. The van der Waals surface area contributed by atoms with Crippen molar-refractivity contribution in [3.05, 3.63) is 0 Å². The van der Waals surface area contributed by atoms with Crippen molar-refractivity contribution < 1.29 is 14.9 Å². The highest BCUT2D eigenvalue weighted by atomic mass is 16.2. The van der Waals surface area contributed by atoms with Gasteiger partial charge in [-0.2, -0.15) is 0 Å². The van der Waals surface area contributed by atoms with Gasteiger partial charge in [0.05, 0.1) is 5.54 Å². The van der Waals surface area contributed by atoms with E-state index in [4.69, 9.17) is 0 Å². The highest BCUT2D eigenvalue weighted by Gasteiger charge is 2.54. The zero-order valence-corrected chi connectivity index (χ0v) is 17.1. The Morgan fingerprint density at radius 2 is 1.14 bits per heavy atom. The lowest BCUT2D eigenvalue weighted by molar-refractivity contribution is -0.730. The van der Waals surface area contributed by atoms with E-state index in [1.165, 1.54) is 57.8 Å². The molecular weight excluding hydrogens is 350 g/mol. The van der Waals surface area contributed by atoms with Gasteiger partial charge in [-0.25, -0.2) is 4.79 Å². The third-order valence-corrected chi connectivity index (χ3v) is 9.48. The topological polar surface area (TPSA) is 74.8 Å². The van der Waals surface area contributed by atoms with E-state index in [-0.39, 0.29) is 17.5 Å². The summed E-state index contributed by atoms with van der Waals surface area (Å²) in [5.74, 6) is 4.96. The largest absolute Gasteiger partial charge is 0.334 e. The van der Waals surface area contributed by atoms with Gasteiger partial charge in [-0.1, -0.05) is 0 Å². The standard InChI is InChI=1S/C23H35N3O2/c27-20(13-24-22-7-14-1-15(8-22)3-16(2-14)9-22)25-21(28)26-23-10-17-4-18(11-23)6-19(5-17)12-23/h14-19,24H,1-13H2,(H2,25,26,27,28)/p+1. The molecule has 0 aromatic heterocycles. The molecule has 0 radical (unpaired) electrons. The van der Waals surface area contributed by atoms with Crippen LogP contribution in [0.15, 0.2) is 0 Å². The summed E-state index contributed by atoms with van der Waals surface area (Å²) in [6, 6.07) is -0.245.